The van der Waals surface area contributed by atoms with Crippen LogP contribution in [0.3, 0.4) is 0 Å². The van der Waals surface area contributed by atoms with Crippen LogP contribution in [0.2, 0.25) is 5.02 Å². The van der Waals surface area contributed by atoms with Gasteiger partial charge in [0, 0.05) is 24.2 Å². The molecule has 94 valence electrons. The fraction of sp³-hybridized carbons (Fsp3) is 0.571. The molecule has 1 N–H and O–H groups in total. The Morgan fingerprint density at radius 3 is 3.00 bits per heavy atom. The third-order valence-electron chi connectivity index (χ3n) is 3.52. The van der Waals surface area contributed by atoms with Gasteiger partial charge >= 0.3 is 0 Å². The van der Waals surface area contributed by atoms with E-state index in [4.69, 9.17) is 11.6 Å². The number of likely N-dealkylation sites (N-methyl/N-ethyl adjacent to an activating group) is 1. The van der Waals surface area contributed by atoms with E-state index in [1.54, 1.807) is 0 Å². The van der Waals surface area contributed by atoms with Crippen molar-refractivity contribution in [3.63, 3.8) is 0 Å². The summed E-state index contributed by atoms with van der Waals surface area (Å²) in [6, 6.07) is 8.76. The minimum atomic E-state index is 0.633. The molecule has 1 aromatic carbocycles. The summed E-state index contributed by atoms with van der Waals surface area (Å²) in [5.74, 6) is 0. The summed E-state index contributed by atoms with van der Waals surface area (Å²) in [4.78, 5) is 2.42. The van der Waals surface area contributed by atoms with Gasteiger partial charge in [0.1, 0.15) is 0 Å². The van der Waals surface area contributed by atoms with Crippen molar-refractivity contribution < 1.29 is 0 Å². The fourth-order valence-corrected chi connectivity index (χ4v) is 2.60. The van der Waals surface area contributed by atoms with Crippen LogP contribution in [0.15, 0.2) is 24.3 Å². The molecule has 1 unspecified atom stereocenters. The van der Waals surface area contributed by atoms with E-state index in [1.807, 2.05) is 12.1 Å². The van der Waals surface area contributed by atoms with Gasteiger partial charge in [-0.2, -0.15) is 0 Å². The van der Waals surface area contributed by atoms with Crippen molar-refractivity contribution in [2.75, 3.05) is 20.1 Å². The van der Waals surface area contributed by atoms with Crippen molar-refractivity contribution in [3.8, 4) is 0 Å². The largest absolute Gasteiger partial charge is 0.315 e. The van der Waals surface area contributed by atoms with Crippen LogP contribution in [0.25, 0.3) is 0 Å². The van der Waals surface area contributed by atoms with Crippen LogP contribution in [0.4, 0.5) is 0 Å². The molecule has 2 nitrogen and oxygen atoms in total. The van der Waals surface area contributed by atoms with Crippen LogP contribution in [-0.2, 0) is 6.54 Å². The second kappa shape index (κ2) is 6.39. The summed E-state index contributed by atoms with van der Waals surface area (Å²) in [6.07, 6.45) is 3.91. The van der Waals surface area contributed by atoms with Gasteiger partial charge < -0.3 is 5.32 Å². The van der Waals surface area contributed by atoms with Crippen LogP contribution < -0.4 is 5.32 Å². The quantitative estimate of drug-likeness (QED) is 0.890. The Bertz CT molecular complexity index is 346. The molecule has 1 saturated heterocycles. The Hall–Kier alpha value is -0.570. The second-order valence-electron chi connectivity index (χ2n) is 4.86. The Morgan fingerprint density at radius 2 is 2.18 bits per heavy atom. The van der Waals surface area contributed by atoms with Crippen molar-refractivity contribution in [1.29, 1.82) is 0 Å². The Labute approximate surface area is 109 Å². The smallest absolute Gasteiger partial charge is 0.0451 e. The third kappa shape index (κ3) is 3.70. The summed E-state index contributed by atoms with van der Waals surface area (Å²) < 4.78 is 0. The lowest BCUT2D eigenvalue weighted by Crippen LogP contribution is -2.38. The lowest BCUT2D eigenvalue weighted by Gasteiger charge is -2.27. The van der Waals surface area contributed by atoms with E-state index in [-0.39, 0.29) is 0 Å². The van der Waals surface area contributed by atoms with Crippen molar-refractivity contribution >= 4 is 11.6 Å². The molecule has 17 heavy (non-hydrogen) atoms. The average molecular weight is 253 g/mol. The van der Waals surface area contributed by atoms with E-state index in [1.165, 1.54) is 24.8 Å². The summed E-state index contributed by atoms with van der Waals surface area (Å²) in [5, 5.41) is 4.38. The fourth-order valence-electron chi connectivity index (χ4n) is 2.40. The normalized spacial score (nSPS) is 21.5. The highest BCUT2D eigenvalue weighted by Crippen LogP contribution is 2.19. The summed E-state index contributed by atoms with van der Waals surface area (Å²) >= 11 is 6.20. The third-order valence-corrected chi connectivity index (χ3v) is 3.89. The lowest BCUT2D eigenvalue weighted by molar-refractivity contribution is 0.222. The number of hydrogen-bond acceptors (Lipinski definition) is 2. The topological polar surface area (TPSA) is 15.3 Å². The van der Waals surface area contributed by atoms with E-state index >= 15 is 0 Å². The van der Waals surface area contributed by atoms with Gasteiger partial charge in [0.25, 0.3) is 0 Å². The zero-order valence-electron chi connectivity index (χ0n) is 10.5. The molecule has 0 spiro atoms. The zero-order chi connectivity index (χ0) is 12.1. The van der Waals surface area contributed by atoms with Crippen molar-refractivity contribution in [3.05, 3.63) is 34.9 Å². The van der Waals surface area contributed by atoms with Gasteiger partial charge in [-0.3, -0.25) is 4.90 Å². The maximum atomic E-state index is 6.20. The first-order chi connectivity index (χ1) is 8.27. The van der Waals surface area contributed by atoms with Crippen LogP contribution in [0.5, 0.6) is 0 Å². The molecule has 1 atom stereocenters. The van der Waals surface area contributed by atoms with E-state index in [9.17, 15) is 0 Å². The highest BCUT2D eigenvalue weighted by Gasteiger charge is 2.17. The van der Waals surface area contributed by atoms with Crippen LogP contribution in [0, 0.1) is 0 Å². The molecule has 1 heterocycles. The number of halogens is 1. The summed E-state index contributed by atoms with van der Waals surface area (Å²) in [6.45, 7) is 3.20. The maximum Gasteiger partial charge on any atom is 0.0451 e. The number of nitrogens with zero attached hydrogens (tertiary/aromatic N) is 1. The van der Waals surface area contributed by atoms with E-state index in [2.05, 4.69) is 29.4 Å². The monoisotopic (exact) mass is 252 g/mol. The van der Waals surface area contributed by atoms with Gasteiger partial charge in [-0.1, -0.05) is 36.2 Å². The van der Waals surface area contributed by atoms with E-state index in [0.717, 1.165) is 24.7 Å². The Balaban J connectivity index is 1.95. The van der Waals surface area contributed by atoms with Crippen LogP contribution >= 0.6 is 11.6 Å². The predicted molar refractivity (Wildman–Crippen MR) is 73.4 cm³/mol. The molecule has 1 fully saturated rings. The van der Waals surface area contributed by atoms with E-state index in [0.29, 0.717) is 6.04 Å². The SMILES string of the molecule is CN(Cc1ccccc1Cl)C1CCCCNC1. The predicted octanol–water partition coefficient (Wildman–Crippen LogP) is 2.91. The van der Waals surface area contributed by atoms with Gasteiger partial charge in [-0.25, -0.2) is 0 Å². The Kier molecular flexibility index (Phi) is 4.84. The molecule has 3 heteroatoms. The molecule has 2 rings (SSSR count). The van der Waals surface area contributed by atoms with Gasteiger partial charge in [0.15, 0.2) is 0 Å². The molecular formula is C14H21ClN2. The minimum absolute atomic E-state index is 0.633. The first-order valence-corrected chi connectivity index (χ1v) is 6.79. The first kappa shape index (κ1) is 12.9. The molecule has 1 aliphatic heterocycles. The van der Waals surface area contributed by atoms with Crippen molar-refractivity contribution in [2.24, 2.45) is 0 Å². The average Bonchev–Trinajstić information content (AvgIpc) is 2.61. The molecule has 1 aromatic rings. The molecular weight excluding hydrogens is 232 g/mol. The second-order valence-corrected chi connectivity index (χ2v) is 5.27. The van der Waals surface area contributed by atoms with Crippen LogP contribution in [0.1, 0.15) is 24.8 Å². The van der Waals surface area contributed by atoms with Crippen LogP contribution in [-0.4, -0.2) is 31.1 Å². The molecule has 0 aliphatic carbocycles. The number of benzene rings is 1. The minimum Gasteiger partial charge on any atom is -0.315 e. The number of hydrogen-bond donors (Lipinski definition) is 1. The van der Waals surface area contributed by atoms with Gasteiger partial charge in [0.05, 0.1) is 0 Å². The first-order valence-electron chi connectivity index (χ1n) is 6.42. The molecule has 1 aliphatic rings. The highest BCUT2D eigenvalue weighted by atomic mass is 35.5. The molecule has 0 aromatic heterocycles. The Morgan fingerprint density at radius 1 is 1.35 bits per heavy atom. The van der Waals surface area contributed by atoms with Crippen molar-refractivity contribution in [2.45, 2.75) is 31.8 Å². The zero-order valence-corrected chi connectivity index (χ0v) is 11.2. The highest BCUT2D eigenvalue weighted by molar-refractivity contribution is 6.31. The lowest BCUT2D eigenvalue weighted by atomic mass is 10.1. The summed E-state index contributed by atoms with van der Waals surface area (Å²) in [5.41, 5.74) is 1.22. The maximum absolute atomic E-state index is 6.20. The molecule has 0 amide bonds. The van der Waals surface area contributed by atoms with Gasteiger partial charge in [-0.15, -0.1) is 0 Å². The molecule has 0 radical (unpaired) electrons. The standard InChI is InChI=1S/C14H21ClN2/c1-17(13-7-4-5-9-16-10-13)11-12-6-2-3-8-14(12)15/h2-3,6,8,13,16H,4-5,7,9-11H2,1H3. The summed E-state index contributed by atoms with van der Waals surface area (Å²) in [7, 11) is 2.20. The van der Waals surface area contributed by atoms with E-state index < -0.39 is 0 Å². The molecule has 0 saturated carbocycles. The number of rotatable bonds is 3. The molecule has 0 bridgehead atoms. The van der Waals surface area contributed by atoms with Gasteiger partial charge in [-0.05, 0) is 38.1 Å². The van der Waals surface area contributed by atoms with Crippen molar-refractivity contribution in [1.82, 2.24) is 10.2 Å². The van der Waals surface area contributed by atoms with Gasteiger partial charge in [0.2, 0.25) is 0 Å². The number of nitrogens with one attached hydrogen (secondary N) is 1.